The summed E-state index contributed by atoms with van der Waals surface area (Å²) in [4.78, 5) is 12.4. The number of benzene rings is 2. The highest BCUT2D eigenvalue weighted by atomic mass is 19.3. The number of carbonyl (C=O) groups is 1. The Morgan fingerprint density at radius 3 is 2.41 bits per heavy atom. The summed E-state index contributed by atoms with van der Waals surface area (Å²) in [6.07, 6.45) is -1.92. The van der Waals surface area contributed by atoms with E-state index in [1.165, 1.54) is 7.05 Å². The number of alkyl halides is 2. The van der Waals surface area contributed by atoms with Gasteiger partial charge in [-0.3, -0.25) is 9.48 Å². The maximum atomic E-state index is 14.1. The molecule has 140 valence electrons. The second-order valence-electron chi connectivity index (χ2n) is 5.67. The van der Waals surface area contributed by atoms with Gasteiger partial charge in [0.05, 0.1) is 11.3 Å². The van der Waals surface area contributed by atoms with Gasteiger partial charge >= 0.3 is 0 Å². The minimum absolute atomic E-state index is 0.00997. The number of aromatic nitrogens is 2. The Bertz CT molecular complexity index is 1020. The van der Waals surface area contributed by atoms with Crippen LogP contribution in [0.2, 0.25) is 0 Å². The van der Waals surface area contributed by atoms with Gasteiger partial charge in [0.1, 0.15) is 23.1 Å². The van der Waals surface area contributed by atoms with Gasteiger partial charge in [-0.15, -0.1) is 0 Å². The molecule has 4 nitrogen and oxygen atoms in total. The molecule has 0 aliphatic carbocycles. The van der Waals surface area contributed by atoms with E-state index in [1.54, 1.807) is 0 Å². The van der Waals surface area contributed by atoms with E-state index >= 15 is 0 Å². The molecule has 2 aromatic carbocycles. The number of hydrogen-bond donors (Lipinski definition) is 1. The van der Waals surface area contributed by atoms with Gasteiger partial charge in [-0.2, -0.15) is 5.10 Å². The molecule has 0 unspecified atom stereocenters. The fourth-order valence-corrected chi connectivity index (χ4v) is 2.59. The zero-order chi connectivity index (χ0) is 19.7. The summed E-state index contributed by atoms with van der Waals surface area (Å²) >= 11 is 0. The Labute approximate surface area is 150 Å². The summed E-state index contributed by atoms with van der Waals surface area (Å²) in [6, 6.07) is 5.72. The Kier molecular flexibility index (Phi) is 4.93. The van der Waals surface area contributed by atoms with Crippen molar-refractivity contribution in [3.8, 4) is 11.1 Å². The molecule has 1 amide bonds. The molecule has 3 aromatic rings. The second-order valence-corrected chi connectivity index (χ2v) is 5.67. The first kappa shape index (κ1) is 18.6. The molecular formula is C18H12F5N3O. The standard InChI is InChI=1S/C18H12F5N3O/c1-26-8-13(16(25-26)17(22)23)18(27)24-15-7-10(20)2-4-11(15)12-6-9(19)3-5-14(12)21/h2-8,17H,1H3,(H,24,27). The molecule has 3 rings (SSSR count). The van der Waals surface area contributed by atoms with Crippen molar-refractivity contribution < 1.29 is 26.7 Å². The van der Waals surface area contributed by atoms with Gasteiger partial charge in [0, 0.05) is 24.4 Å². The first-order valence-corrected chi connectivity index (χ1v) is 7.64. The molecule has 1 heterocycles. The Morgan fingerprint density at radius 2 is 1.70 bits per heavy atom. The quantitative estimate of drug-likeness (QED) is 0.667. The van der Waals surface area contributed by atoms with Gasteiger partial charge in [-0.25, -0.2) is 22.0 Å². The minimum Gasteiger partial charge on any atom is -0.321 e. The second kappa shape index (κ2) is 7.18. The lowest BCUT2D eigenvalue weighted by molar-refractivity contribution is 0.101. The highest BCUT2D eigenvalue weighted by Crippen LogP contribution is 2.32. The number of carbonyl (C=O) groups excluding carboxylic acids is 1. The molecular weight excluding hydrogens is 369 g/mol. The number of rotatable bonds is 4. The average Bonchev–Trinajstić information content (AvgIpc) is 3.00. The number of anilines is 1. The number of amides is 1. The zero-order valence-corrected chi connectivity index (χ0v) is 13.8. The van der Waals surface area contributed by atoms with E-state index in [-0.39, 0.29) is 16.8 Å². The highest BCUT2D eigenvalue weighted by Gasteiger charge is 2.24. The fraction of sp³-hybridized carbons (Fsp3) is 0.111. The van der Waals surface area contributed by atoms with Crippen LogP contribution in [0.4, 0.5) is 27.6 Å². The molecule has 0 saturated heterocycles. The predicted molar refractivity (Wildman–Crippen MR) is 87.9 cm³/mol. The van der Waals surface area contributed by atoms with Crippen molar-refractivity contribution in [3.63, 3.8) is 0 Å². The van der Waals surface area contributed by atoms with Gasteiger partial charge in [0.25, 0.3) is 12.3 Å². The molecule has 0 atom stereocenters. The van der Waals surface area contributed by atoms with Crippen molar-refractivity contribution in [1.82, 2.24) is 9.78 Å². The number of hydrogen-bond acceptors (Lipinski definition) is 2. The maximum Gasteiger partial charge on any atom is 0.282 e. The van der Waals surface area contributed by atoms with Crippen molar-refractivity contribution in [1.29, 1.82) is 0 Å². The summed E-state index contributed by atoms with van der Waals surface area (Å²) in [6.45, 7) is 0. The molecule has 0 aliphatic rings. The Balaban J connectivity index is 2.04. The van der Waals surface area contributed by atoms with Crippen LogP contribution in [-0.4, -0.2) is 15.7 Å². The lowest BCUT2D eigenvalue weighted by atomic mass is 10.0. The van der Waals surface area contributed by atoms with Crippen molar-refractivity contribution in [2.45, 2.75) is 6.43 Å². The maximum absolute atomic E-state index is 14.1. The number of nitrogens with one attached hydrogen (secondary N) is 1. The largest absolute Gasteiger partial charge is 0.321 e. The number of halogens is 5. The lowest BCUT2D eigenvalue weighted by Gasteiger charge is -2.12. The van der Waals surface area contributed by atoms with Crippen LogP contribution in [0.5, 0.6) is 0 Å². The minimum atomic E-state index is -3.00. The smallest absolute Gasteiger partial charge is 0.282 e. The van der Waals surface area contributed by atoms with Crippen LogP contribution < -0.4 is 5.32 Å². The van der Waals surface area contributed by atoms with E-state index in [0.29, 0.717) is 0 Å². The molecule has 0 saturated carbocycles. The van der Waals surface area contributed by atoms with Crippen molar-refractivity contribution in [2.75, 3.05) is 5.32 Å². The van der Waals surface area contributed by atoms with Crippen LogP contribution >= 0.6 is 0 Å². The van der Waals surface area contributed by atoms with Crippen LogP contribution in [0.3, 0.4) is 0 Å². The highest BCUT2D eigenvalue weighted by molar-refractivity contribution is 6.07. The van der Waals surface area contributed by atoms with Crippen LogP contribution in [-0.2, 0) is 7.05 Å². The molecule has 0 bridgehead atoms. The molecule has 0 spiro atoms. The molecule has 9 heteroatoms. The number of nitrogens with zero attached hydrogens (tertiary/aromatic N) is 2. The van der Waals surface area contributed by atoms with Crippen LogP contribution in [0.15, 0.2) is 42.6 Å². The molecule has 1 N–H and O–H groups in total. The summed E-state index contributed by atoms with van der Waals surface area (Å²) in [5.41, 5.74) is -1.59. The fourth-order valence-electron chi connectivity index (χ4n) is 2.59. The lowest BCUT2D eigenvalue weighted by Crippen LogP contribution is -2.14. The van der Waals surface area contributed by atoms with E-state index in [2.05, 4.69) is 10.4 Å². The molecule has 0 aliphatic heterocycles. The van der Waals surface area contributed by atoms with Crippen molar-refractivity contribution in [2.24, 2.45) is 7.05 Å². The van der Waals surface area contributed by atoms with E-state index in [1.807, 2.05) is 0 Å². The summed E-state index contributed by atoms with van der Waals surface area (Å²) in [7, 11) is 1.36. The van der Waals surface area contributed by atoms with Crippen LogP contribution in [0.25, 0.3) is 11.1 Å². The summed E-state index contributed by atoms with van der Waals surface area (Å²) < 4.78 is 68.3. The first-order valence-electron chi connectivity index (χ1n) is 7.64. The third kappa shape index (κ3) is 3.81. The SMILES string of the molecule is Cn1cc(C(=O)Nc2cc(F)ccc2-c2cc(F)ccc2F)c(C(F)F)n1. The summed E-state index contributed by atoms with van der Waals surface area (Å²) in [5, 5.41) is 5.79. The van der Waals surface area contributed by atoms with Gasteiger partial charge < -0.3 is 5.32 Å². The van der Waals surface area contributed by atoms with E-state index in [4.69, 9.17) is 0 Å². The molecule has 0 radical (unpaired) electrons. The van der Waals surface area contributed by atoms with Gasteiger partial charge in [0.2, 0.25) is 0 Å². The third-order valence-electron chi connectivity index (χ3n) is 3.76. The third-order valence-corrected chi connectivity index (χ3v) is 3.76. The average molecular weight is 381 g/mol. The Hall–Kier alpha value is -3.23. The van der Waals surface area contributed by atoms with E-state index in [9.17, 15) is 26.7 Å². The normalized spacial score (nSPS) is 11.1. The van der Waals surface area contributed by atoms with Gasteiger partial charge in [-0.05, 0) is 36.4 Å². The number of aryl methyl sites for hydroxylation is 1. The first-order chi connectivity index (χ1) is 12.8. The van der Waals surface area contributed by atoms with Gasteiger partial charge in [0.15, 0.2) is 0 Å². The molecule has 27 heavy (non-hydrogen) atoms. The monoisotopic (exact) mass is 381 g/mol. The predicted octanol–water partition coefficient (Wildman–Crippen LogP) is 4.69. The van der Waals surface area contributed by atoms with Crippen molar-refractivity contribution in [3.05, 3.63) is 71.3 Å². The topological polar surface area (TPSA) is 46.9 Å². The van der Waals surface area contributed by atoms with Gasteiger partial charge in [-0.1, -0.05) is 0 Å². The van der Waals surface area contributed by atoms with Crippen LogP contribution in [0, 0.1) is 17.5 Å². The zero-order valence-electron chi connectivity index (χ0n) is 13.8. The Morgan fingerprint density at radius 1 is 1.04 bits per heavy atom. The van der Waals surface area contributed by atoms with Crippen molar-refractivity contribution >= 4 is 11.6 Å². The molecule has 0 fully saturated rings. The molecule has 1 aromatic heterocycles. The van der Waals surface area contributed by atoms with E-state index < -0.39 is 41.0 Å². The summed E-state index contributed by atoms with van der Waals surface area (Å²) in [5.74, 6) is -3.28. The van der Waals surface area contributed by atoms with E-state index in [0.717, 1.165) is 47.3 Å². The van der Waals surface area contributed by atoms with Crippen LogP contribution in [0.1, 0.15) is 22.5 Å².